The third kappa shape index (κ3) is 5.62. The highest BCUT2D eigenvalue weighted by atomic mass is 16.5. The maximum Gasteiger partial charge on any atom is 0.125 e. The van der Waals surface area contributed by atoms with Gasteiger partial charge in [-0.1, -0.05) is 26.0 Å². The third-order valence-corrected chi connectivity index (χ3v) is 3.02. The topological polar surface area (TPSA) is 38.7 Å². The molecule has 108 valence electrons. The smallest absolute Gasteiger partial charge is 0.125 e. The van der Waals surface area contributed by atoms with Crippen LogP contribution in [-0.4, -0.2) is 24.9 Å². The molecule has 0 aliphatic rings. The molecule has 0 spiro atoms. The lowest BCUT2D eigenvalue weighted by Gasteiger charge is -2.14. The fraction of sp³-hybridized carbons (Fsp3) is 0.625. The van der Waals surface area contributed by atoms with E-state index in [1.165, 1.54) is 0 Å². The first kappa shape index (κ1) is 16.0. The Morgan fingerprint density at radius 1 is 1.05 bits per heavy atom. The first-order chi connectivity index (χ1) is 9.04. The maximum atomic E-state index is 9.13. The van der Waals surface area contributed by atoms with E-state index in [-0.39, 0.29) is 6.61 Å². The molecule has 3 heteroatoms. The summed E-state index contributed by atoms with van der Waals surface area (Å²) in [4.78, 5) is 0. The minimum atomic E-state index is 0.0697. The number of aryl methyl sites for hydroxylation is 2. The minimum absolute atomic E-state index is 0.0697. The van der Waals surface area contributed by atoms with E-state index in [0.717, 1.165) is 35.5 Å². The normalized spacial score (nSPS) is 11.1. The average molecular weight is 266 g/mol. The molecular formula is C16H26O3. The zero-order valence-corrected chi connectivity index (χ0v) is 12.5. The molecule has 1 aromatic rings. The zero-order chi connectivity index (χ0) is 14.3. The second-order valence-electron chi connectivity index (χ2n) is 5.36. The fourth-order valence-corrected chi connectivity index (χ4v) is 1.98. The molecule has 0 aliphatic heterocycles. The zero-order valence-electron chi connectivity index (χ0n) is 12.5. The second kappa shape index (κ2) is 8.18. The number of aliphatic hydroxyl groups is 1. The van der Waals surface area contributed by atoms with Crippen molar-refractivity contribution in [2.24, 2.45) is 5.92 Å². The molecule has 0 aromatic heterocycles. The molecule has 1 rings (SSSR count). The van der Waals surface area contributed by atoms with Crippen LogP contribution < -0.4 is 4.74 Å². The summed E-state index contributed by atoms with van der Waals surface area (Å²) in [5, 5.41) is 9.13. The maximum absolute atomic E-state index is 9.13. The standard InChI is InChI=1S/C16H26O3/c1-12(2)5-6-18-7-8-19-16-13(3)9-15(11-17)10-14(16)4/h9-10,12,17H,5-8,11H2,1-4H3. The molecule has 0 aliphatic carbocycles. The van der Waals surface area contributed by atoms with Gasteiger partial charge in [-0.05, 0) is 42.9 Å². The summed E-state index contributed by atoms with van der Waals surface area (Å²) in [5.74, 6) is 1.58. The first-order valence-corrected chi connectivity index (χ1v) is 6.96. The van der Waals surface area contributed by atoms with Gasteiger partial charge >= 0.3 is 0 Å². The Kier molecular flexibility index (Phi) is 6.89. The summed E-state index contributed by atoms with van der Waals surface area (Å²) in [6, 6.07) is 3.92. The number of aliphatic hydroxyl groups excluding tert-OH is 1. The molecule has 0 atom stereocenters. The fourth-order valence-electron chi connectivity index (χ4n) is 1.98. The van der Waals surface area contributed by atoms with E-state index in [0.29, 0.717) is 19.1 Å². The van der Waals surface area contributed by atoms with Crippen LogP contribution in [0.5, 0.6) is 5.75 Å². The molecule has 0 bridgehead atoms. The Hall–Kier alpha value is -1.06. The van der Waals surface area contributed by atoms with Crippen molar-refractivity contribution in [3.8, 4) is 5.75 Å². The van der Waals surface area contributed by atoms with Crippen LogP contribution in [0.2, 0.25) is 0 Å². The number of rotatable bonds is 8. The number of hydrogen-bond acceptors (Lipinski definition) is 3. The highest BCUT2D eigenvalue weighted by Crippen LogP contribution is 2.24. The van der Waals surface area contributed by atoms with Crippen molar-refractivity contribution in [3.05, 3.63) is 28.8 Å². The molecule has 0 amide bonds. The van der Waals surface area contributed by atoms with Gasteiger partial charge in [0.25, 0.3) is 0 Å². The number of benzene rings is 1. The van der Waals surface area contributed by atoms with E-state index in [1.807, 2.05) is 26.0 Å². The summed E-state index contributed by atoms with van der Waals surface area (Å²) in [5.41, 5.74) is 3.05. The number of ether oxygens (including phenoxy) is 2. The molecule has 19 heavy (non-hydrogen) atoms. The quantitative estimate of drug-likeness (QED) is 0.734. The highest BCUT2D eigenvalue weighted by Gasteiger charge is 2.06. The van der Waals surface area contributed by atoms with Gasteiger partial charge in [0.05, 0.1) is 13.2 Å². The Balaban J connectivity index is 2.37. The van der Waals surface area contributed by atoms with E-state index in [9.17, 15) is 0 Å². The Labute approximate surface area is 116 Å². The largest absolute Gasteiger partial charge is 0.491 e. The average Bonchev–Trinajstić information content (AvgIpc) is 2.35. The molecular weight excluding hydrogens is 240 g/mol. The molecule has 0 saturated heterocycles. The third-order valence-electron chi connectivity index (χ3n) is 3.02. The highest BCUT2D eigenvalue weighted by molar-refractivity contribution is 5.43. The molecule has 1 N–H and O–H groups in total. The van der Waals surface area contributed by atoms with Crippen LogP contribution in [0.3, 0.4) is 0 Å². The predicted molar refractivity (Wildman–Crippen MR) is 77.6 cm³/mol. The van der Waals surface area contributed by atoms with Crippen molar-refractivity contribution >= 4 is 0 Å². The van der Waals surface area contributed by atoms with Gasteiger partial charge in [-0.15, -0.1) is 0 Å². The predicted octanol–water partition coefficient (Wildman–Crippen LogP) is 3.24. The van der Waals surface area contributed by atoms with Crippen LogP contribution in [0, 0.1) is 19.8 Å². The van der Waals surface area contributed by atoms with Crippen LogP contribution in [0.15, 0.2) is 12.1 Å². The van der Waals surface area contributed by atoms with E-state index >= 15 is 0 Å². The van der Waals surface area contributed by atoms with Crippen LogP contribution in [0.4, 0.5) is 0 Å². The van der Waals surface area contributed by atoms with Gasteiger partial charge in [0, 0.05) is 6.61 Å². The second-order valence-corrected chi connectivity index (χ2v) is 5.36. The van der Waals surface area contributed by atoms with Crippen molar-refractivity contribution in [3.63, 3.8) is 0 Å². The number of hydrogen-bond donors (Lipinski definition) is 1. The van der Waals surface area contributed by atoms with E-state index in [1.54, 1.807) is 0 Å². The van der Waals surface area contributed by atoms with Gasteiger partial charge in [-0.3, -0.25) is 0 Å². The van der Waals surface area contributed by atoms with Crippen molar-refractivity contribution in [2.45, 2.75) is 40.7 Å². The van der Waals surface area contributed by atoms with Gasteiger partial charge in [0.15, 0.2) is 0 Å². The van der Waals surface area contributed by atoms with Crippen molar-refractivity contribution in [1.29, 1.82) is 0 Å². The van der Waals surface area contributed by atoms with Gasteiger partial charge in [-0.2, -0.15) is 0 Å². The van der Waals surface area contributed by atoms with Gasteiger partial charge < -0.3 is 14.6 Å². The summed E-state index contributed by atoms with van der Waals surface area (Å²) in [6.07, 6.45) is 1.09. The van der Waals surface area contributed by atoms with Crippen molar-refractivity contribution in [1.82, 2.24) is 0 Å². The monoisotopic (exact) mass is 266 g/mol. The molecule has 0 radical (unpaired) electrons. The van der Waals surface area contributed by atoms with Crippen LogP contribution in [-0.2, 0) is 11.3 Å². The lowest BCUT2D eigenvalue weighted by atomic mass is 10.1. The lowest BCUT2D eigenvalue weighted by Crippen LogP contribution is -2.10. The molecule has 1 aromatic carbocycles. The van der Waals surface area contributed by atoms with Crippen LogP contribution in [0.25, 0.3) is 0 Å². The lowest BCUT2D eigenvalue weighted by molar-refractivity contribution is 0.0921. The van der Waals surface area contributed by atoms with E-state index < -0.39 is 0 Å². The Bertz CT molecular complexity index is 363. The van der Waals surface area contributed by atoms with Crippen LogP contribution in [0.1, 0.15) is 37.0 Å². The van der Waals surface area contributed by atoms with E-state index in [2.05, 4.69) is 13.8 Å². The summed E-state index contributed by atoms with van der Waals surface area (Å²) in [6.45, 7) is 10.4. The van der Waals surface area contributed by atoms with Gasteiger partial charge in [0.2, 0.25) is 0 Å². The molecule has 0 saturated carbocycles. The van der Waals surface area contributed by atoms with Crippen molar-refractivity contribution < 1.29 is 14.6 Å². The molecule has 0 fully saturated rings. The molecule has 0 heterocycles. The Morgan fingerprint density at radius 2 is 1.68 bits per heavy atom. The van der Waals surface area contributed by atoms with Gasteiger partial charge in [0.1, 0.15) is 12.4 Å². The van der Waals surface area contributed by atoms with E-state index in [4.69, 9.17) is 14.6 Å². The summed E-state index contributed by atoms with van der Waals surface area (Å²) < 4.78 is 11.3. The minimum Gasteiger partial charge on any atom is -0.491 e. The Morgan fingerprint density at radius 3 is 2.21 bits per heavy atom. The molecule has 0 unspecified atom stereocenters. The first-order valence-electron chi connectivity index (χ1n) is 6.96. The van der Waals surface area contributed by atoms with Crippen LogP contribution >= 0.6 is 0 Å². The summed E-state index contributed by atoms with van der Waals surface area (Å²) in [7, 11) is 0. The molecule has 3 nitrogen and oxygen atoms in total. The van der Waals surface area contributed by atoms with Crippen molar-refractivity contribution in [2.75, 3.05) is 19.8 Å². The summed E-state index contributed by atoms with van der Waals surface area (Å²) >= 11 is 0. The SMILES string of the molecule is Cc1cc(CO)cc(C)c1OCCOCCC(C)C. The van der Waals surface area contributed by atoms with Gasteiger partial charge in [-0.25, -0.2) is 0 Å².